The van der Waals surface area contributed by atoms with E-state index in [-0.39, 0.29) is 42.5 Å². The highest BCUT2D eigenvalue weighted by Gasteiger charge is 2.76. The molecule has 7 heteroatoms. The number of alkyl halides is 2. The topological polar surface area (TPSA) is 72.8 Å². The Balaban J connectivity index is 1.83. The summed E-state index contributed by atoms with van der Waals surface area (Å²) in [6.45, 7) is 5.60. The van der Waals surface area contributed by atoms with Gasteiger partial charge in [-0.25, -0.2) is 4.39 Å². The average molecular weight is 455 g/mol. The van der Waals surface area contributed by atoms with E-state index < -0.39 is 34.1 Å². The Morgan fingerprint density at radius 2 is 2.06 bits per heavy atom. The number of hydrogen-bond acceptors (Lipinski definition) is 5. The lowest BCUT2D eigenvalue weighted by molar-refractivity contribution is -0.241. The highest BCUT2D eigenvalue weighted by Crippen LogP contribution is 2.71. The molecular weight excluding hydrogens is 423 g/mol. The maximum absolute atomic E-state index is 17.2. The van der Waals surface area contributed by atoms with Crippen molar-refractivity contribution in [3.05, 3.63) is 23.8 Å². The van der Waals surface area contributed by atoms with E-state index in [1.165, 1.54) is 19.3 Å². The third kappa shape index (κ3) is 2.71. The summed E-state index contributed by atoms with van der Waals surface area (Å²) in [5.74, 6) is -1.45. The number of carbonyl (C=O) groups is 2. The molecule has 4 aliphatic rings. The minimum atomic E-state index is -1.93. The molecule has 0 heterocycles. The Kier molecular flexibility index (Phi) is 5.57. The van der Waals surface area contributed by atoms with E-state index in [1.807, 2.05) is 13.8 Å². The van der Waals surface area contributed by atoms with E-state index in [2.05, 4.69) is 0 Å². The Labute approximate surface area is 188 Å². The maximum Gasteiger partial charge on any atom is 0.180 e. The highest BCUT2D eigenvalue weighted by molar-refractivity contribution is 6.29. The van der Waals surface area contributed by atoms with Crippen LogP contribution in [0, 0.1) is 28.6 Å². The molecule has 0 bridgehead atoms. The summed E-state index contributed by atoms with van der Waals surface area (Å²) in [4.78, 5) is 25.2. The Morgan fingerprint density at radius 3 is 2.71 bits per heavy atom. The van der Waals surface area contributed by atoms with Gasteiger partial charge in [-0.05, 0) is 56.6 Å². The Bertz CT molecular complexity index is 857. The van der Waals surface area contributed by atoms with E-state index in [0.717, 1.165) is 5.57 Å². The predicted octanol–water partition coefficient (Wildman–Crippen LogP) is 3.77. The number of methoxy groups -OCH3 is 1. The number of aliphatic hydroxyl groups excluding tert-OH is 1. The number of Topliss-reactive ketones (excluding diaryl/α,β-unsaturated/α-hetero) is 1. The van der Waals surface area contributed by atoms with Gasteiger partial charge in [0.25, 0.3) is 0 Å². The van der Waals surface area contributed by atoms with Crippen molar-refractivity contribution >= 4 is 23.2 Å². The van der Waals surface area contributed by atoms with E-state index in [4.69, 9.17) is 21.1 Å². The number of allylic oxidation sites excluding steroid dienone is 4. The summed E-state index contributed by atoms with van der Waals surface area (Å²) in [6, 6.07) is 0. The fourth-order valence-electron chi connectivity index (χ4n) is 7.76. The lowest BCUT2D eigenvalue weighted by atomic mass is 9.44. The molecule has 0 saturated heterocycles. The zero-order valence-electron chi connectivity index (χ0n) is 18.6. The van der Waals surface area contributed by atoms with E-state index in [9.17, 15) is 14.7 Å². The summed E-state index contributed by atoms with van der Waals surface area (Å²) >= 11 is 6.03. The van der Waals surface area contributed by atoms with Crippen molar-refractivity contribution in [3.8, 4) is 0 Å². The van der Waals surface area contributed by atoms with Gasteiger partial charge in [-0.2, -0.15) is 0 Å². The van der Waals surface area contributed by atoms with Crippen LogP contribution in [0.1, 0.15) is 46.5 Å². The molecule has 0 aromatic heterocycles. The summed E-state index contributed by atoms with van der Waals surface area (Å²) in [5, 5.41) is 11.4. The van der Waals surface area contributed by atoms with Crippen molar-refractivity contribution in [3.63, 3.8) is 0 Å². The number of halogens is 2. The van der Waals surface area contributed by atoms with Gasteiger partial charge in [-0.1, -0.05) is 25.5 Å². The van der Waals surface area contributed by atoms with Crippen LogP contribution >= 0.6 is 11.6 Å². The monoisotopic (exact) mass is 454 g/mol. The molecule has 172 valence electrons. The number of ether oxygens (including phenoxy) is 2. The minimum Gasteiger partial charge on any atom is -0.390 e. The molecule has 0 spiro atoms. The lowest BCUT2D eigenvalue weighted by Gasteiger charge is -2.63. The zero-order valence-corrected chi connectivity index (χ0v) is 19.4. The first-order valence-electron chi connectivity index (χ1n) is 11.1. The molecule has 31 heavy (non-hydrogen) atoms. The van der Waals surface area contributed by atoms with Crippen molar-refractivity contribution in [1.29, 1.82) is 0 Å². The normalized spacial score (nSPS) is 48.6. The smallest absolute Gasteiger partial charge is 0.180 e. The lowest BCUT2D eigenvalue weighted by Crippen LogP contribution is -2.69. The van der Waals surface area contributed by atoms with Crippen LogP contribution in [0.4, 0.5) is 4.39 Å². The Morgan fingerprint density at radius 1 is 1.35 bits per heavy atom. The van der Waals surface area contributed by atoms with Crippen LogP contribution in [-0.2, 0) is 19.1 Å². The first-order valence-corrected chi connectivity index (χ1v) is 11.6. The third-order valence-electron chi connectivity index (χ3n) is 9.12. The minimum absolute atomic E-state index is 0.0754. The van der Waals surface area contributed by atoms with Gasteiger partial charge in [-0.15, -0.1) is 11.6 Å². The Hall–Kier alpha value is -1.08. The highest BCUT2D eigenvalue weighted by atomic mass is 35.5. The molecule has 3 fully saturated rings. The summed E-state index contributed by atoms with van der Waals surface area (Å²) < 4.78 is 28.4. The van der Waals surface area contributed by atoms with Crippen molar-refractivity contribution < 1.29 is 28.6 Å². The van der Waals surface area contributed by atoms with Crippen LogP contribution in [-0.4, -0.2) is 53.8 Å². The van der Waals surface area contributed by atoms with Crippen LogP contribution < -0.4 is 0 Å². The van der Waals surface area contributed by atoms with Crippen LogP contribution in [0.15, 0.2) is 23.8 Å². The van der Waals surface area contributed by atoms with Crippen molar-refractivity contribution in [2.75, 3.05) is 19.8 Å². The summed E-state index contributed by atoms with van der Waals surface area (Å²) in [7, 11) is 1.49. The average Bonchev–Trinajstić information content (AvgIpc) is 2.94. The number of hydrogen-bond donors (Lipinski definition) is 1. The summed E-state index contributed by atoms with van der Waals surface area (Å²) in [5.41, 5.74) is -4.27. The first-order chi connectivity index (χ1) is 14.5. The van der Waals surface area contributed by atoms with Crippen molar-refractivity contribution in [2.24, 2.45) is 28.6 Å². The van der Waals surface area contributed by atoms with Gasteiger partial charge in [0.2, 0.25) is 0 Å². The largest absolute Gasteiger partial charge is 0.390 e. The van der Waals surface area contributed by atoms with Gasteiger partial charge in [0, 0.05) is 23.9 Å². The maximum atomic E-state index is 17.2. The molecular formula is C24H32ClFO5. The van der Waals surface area contributed by atoms with Crippen LogP contribution in [0.3, 0.4) is 0 Å². The molecule has 0 amide bonds. The van der Waals surface area contributed by atoms with Gasteiger partial charge in [0.15, 0.2) is 17.2 Å². The van der Waals surface area contributed by atoms with Crippen molar-refractivity contribution in [1.82, 2.24) is 0 Å². The van der Waals surface area contributed by atoms with Gasteiger partial charge in [0.05, 0.1) is 12.0 Å². The standard InChI is InChI=1S/C24H32ClFO5/c1-14-9-18-17-6-5-15-10-16(27)7-8-21(15,2)23(17,26)19(28)11-22(18,3)24(14,20(29)12-25)31-13-30-4/h7-8,10,14,17-19,28H,5-6,9,11-13H2,1-4H3/t14-,17-,18-,19-,21-,22-,23-,24-/m0/s1. The molecule has 8 atom stereocenters. The molecule has 1 N–H and O–H groups in total. The number of carbonyl (C=O) groups excluding carboxylic acids is 2. The fraction of sp³-hybridized carbons (Fsp3) is 0.750. The molecule has 0 aromatic carbocycles. The molecule has 4 aliphatic carbocycles. The second-order valence-corrected chi connectivity index (χ2v) is 10.5. The molecule has 3 saturated carbocycles. The van der Waals surface area contributed by atoms with Crippen LogP contribution in [0.5, 0.6) is 0 Å². The van der Waals surface area contributed by atoms with Gasteiger partial charge in [0.1, 0.15) is 12.4 Å². The first kappa shape index (κ1) is 23.1. The fourth-order valence-corrected chi connectivity index (χ4v) is 7.96. The van der Waals surface area contributed by atoms with E-state index >= 15 is 4.39 Å². The van der Waals surface area contributed by atoms with Crippen LogP contribution in [0.2, 0.25) is 0 Å². The van der Waals surface area contributed by atoms with E-state index in [1.54, 1.807) is 13.0 Å². The predicted molar refractivity (Wildman–Crippen MR) is 114 cm³/mol. The number of aliphatic hydroxyl groups is 1. The van der Waals surface area contributed by atoms with Gasteiger partial charge < -0.3 is 14.6 Å². The van der Waals surface area contributed by atoms with Gasteiger partial charge >= 0.3 is 0 Å². The summed E-state index contributed by atoms with van der Waals surface area (Å²) in [6.07, 6.45) is 5.04. The molecule has 0 unspecified atom stereocenters. The van der Waals surface area contributed by atoms with Crippen LogP contribution in [0.25, 0.3) is 0 Å². The number of rotatable bonds is 5. The number of fused-ring (bicyclic) bond motifs is 5. The zero-order chi connectivity index (χ0) is 22.8. The quantitative estimate of drug-likeness (QED) is 0.505. The molecule has 0 aromatic rings. The molecule has 0 aliphatic heterocycles. The number of ketones is 2. The molecule has 4 rings (SSSR count). The second-order valence-electron chi connectivity index (χ2n) is 10.2. The SMILES string of the molecule is COCO[C@]1(C(=O)CCl)[C@@H](C)C[C@H]2[C@@H]3CCC4=CC(=O)C=C[C@]4(C)[C@@]3(F)[C@@H](O)C[C@@]21C. The molecule has 0 radical (unpaired) electrons. The van der Waals surface area contributed by atoms with E-state index in [0.29, 0.717) is 19.3 Å². The van der Waals surface area contributed by atoms with Crippen molar-refractivity contribution in [2.45, 2.75) is 63.8 Å². The van der Waals surface area contributed by atoms with Gasteiger partial charge in [-0.3, -0.25) is 9.59 Å². The second kappa shape index (κ2) is 7.47. The third-order valence-corrected chi connectivity index (χ3v) is 9.36. The molecule has 5 nitrogen and oxygen atoms in total.